The Morgan fingerprint density at radius 3 is 2.93 bits per heavy atom. The van der Waals surface area contributed by atoms with Crippen molar-refractivity contribution in [1.29, 1.82) is 0 Å². The van der Waals surface area contributed by atoms with Crippen molar-refractivity contribution in [2.45, 2.75) is 31.6 Å². The highest BCUT2D eigenvalue weighted by Crippen LogP contribution is 2.25. The first-order chi connectivity index (χ1) is 7.06. The van der Waals surface area contributed by atoms with Crippen LogP contribution in [-0.4, -0.2) is 22.3 Å². The van der Waals surface area contributed by atoms with Crippen LogP contribution in [0.1, 0.15) is 24.6 Å². The van der Waals surface area contributed by atoms with E-state index in [0.717, 1.165) is 19.4 Å². The van der Waals surface area contributed by atoms with E-state index in [1.54, 1.807) is 0 Å². The lowest BCUT2D eigenvalue weighted by molar-refractivity contribution is -0.141. The van der Waals surface area contributed by atoms with E-state index < -0.39 is 12.7 Å². The van der Waals surface area contributed by atoms with Gasteiger partial charge >= 0.3 is 6.18 Å². The van der Waals surface area contributed by atoms with Crippen LogP contribution >= 0.6 is 0 Å². The summed E-state index contributed by atoms with van der Waals surface area (Å²) in [5.74, 6) is 0. The molecule has 0 spiro atoms. The number of alkyl halides is 3. The summed E-state index contributed by atoms with van der Waals surface area (Å²) >= 11 is 0. The Labute approximate surface area is 85.3 Å². The molecular weight excluding hydrogens is 207 g/mol. The monoisotopic (exact) mass is 219 g/mol. The van der Waals surface area contributed by atoms with Crippen molar-refractivity contribution in [3.63, 3.8) is 0 Å². The van der Waals surface area contributed by atoms with Gasteiger partial charge in [0.2, 0.25) is 0 Å². The number of nitrogens with zero attached hydrogens (tertiary/aromatic N) is 2. The van der Waals surface area contributed by atoms with E-state index in [0.29, 0.717) is 5.69 Å². The minimum absolute atomic E-state index is 0.0230. The second-order valence-corrected chi connectivity index (χ2v) is 3.71. The lowest BCUT2D eigenvalue weighted by Crippen LogP contribution is -2.22. The molecule has 2 rings (SSSR count). The summed E-state index contributed by atoms with van der Waals surface area (Å²) in [7, 11) is 0. The highest BCUT2D eigenvalue weighted by molar-refractivity contribution is 5.07. The molecule has 1 atom stereocenters. The van der Waals surface area contributed by atoms with Crippen LogP contribution in [0.4, 0.5) is 13.2 Å². The van der Waals surface area contributed by atoms with Gasteiger partial charge in [-0.1, -0.05) is 0 Å². The van der Waals surface area contributed by atoms with Gasteiger partial charge in [0.15, 0.2) is 0 Å². The fraction of sp³-hybridized carbons (Fsp3) is 0.667. The topological polar surface area (TPSA) is 29.9 Å². The molecule has 2 heterocycles. The van der Waals surface area contributed by atoms with E-state index >= 15 is 0 Å². The first-order valence-corrected chi connectivity index (χ1v) is 4.86. The van der Waals surface area contributed by atoms with Gasteiger partial charge in [-0.05, 0) is 19.4 Å². The molecule has 0 saturated carbocycles. The second kappa shape index (κ2) is 3.84. The molecule has 1 aromatic heterocycles. The van der Waals surface area contributed by atoms with Gasteiger partial charge in [0.05, 0.1) is 12.0 Å². The van der Waals surface area contributed by atoms with Crippen LogP contribution in [0, 0.1) is 0 Å². The minimum atomic E-state index is -4.19. The summed E-state index contributed by atoms with van der Waals surface area (Å²) in [6, 6.07) is 0.0230. The van der Waals surface area contributed by atoms with Crippen molar-refractivity contribution in [3.05, 3.63) is 18.2 Å². The normalized spacial score (nSPS) is 22.2. The molecule has 0 bridgehead atoms. The summed E-state index contributed by atoms with van der Waals surface area (Å²) in [5.41, 5.74) is 0.629. The third-order valence-electron chi connectivity index (χ3n) is 2.51. The number of rotatable bonds is 2. The Morgan fingerprint density at radius 2 is 2.33 bits per heavy atom. The zero-order chi connectivity index (χ0) is 10.9. The van der Waals surface area contributed by atoms with Crippen LogP contribution in [0.25, 0.3) is 0 Å². The molecule has 3 nitrogen and oxygen atoms in total. The van der Waals surface area contributed by atoms with Gasteiger partial charge in [-0.25, -0.2) is 4.98 Å². The predicted octanol–water partition coefficient (Wildman–Crippen LogP) is 1.87. The van der Waals surface area contributed by atoms with Crippen molar-refractivity contribution in [3.8, 4) is 0 Å². The number of hydrogen-bond acceptors (Lipinski definition) is 2. The highest BCUT2D eigenvalue weighted by Gasteiger charge is 2.30. The van der Waals surface area contributed by atoms with Crippen LogP contribution in [0.15, 0.2) is 12.5 Å². The van der Waals surface area contributed by atoms with Gasteiger partial charge in [0.1, 0.15) is 6.54 Å². The maximum atomic E-state index is 12.2. The fourth-order valence-electron chi connectivity index (χ4n) is 1.88. The molecule has 1 fully saturated rings. The molecule has 1 aliphatic rings. The zero-order valence-electron chi connectivity index (χ0n) is 8.09. The molecule has 0 radical (unpaired) electrons. The van der Waals surface area contributed by atoms with E-state index in [1.165, 1.54) is 17.1 Å². The lowest BCUT2D eigenvalue weighted by Gasteiger charge is -2.15. The molecule has 6 heteroatoms. The molecule has 0 amide bonds. The van der Waals surface area contributed by atoms with Gasteiger partial charge < -0.3 is 9.88 Å². The zero-order valence-corrected chi connectivity index (χ0v) is 8.09. The van der Waals surface area contributed by atoms with Crippen LogP contribution in [0.2, 0.25) is 0 Å². The summed E-state index contributed by atoms with van der Waals surface area (Å²) in [6.45, 7) is -0.0949. The molecule has 84 valence electrons. The number of hydrogen-bond donors (Lipinski definition) is 1. The maximum absolute atomic E-state index is 12.2. The SMILES string of the molecule is FC(F)(F)Cn1cncc1C1CCCN1. The molecule has 0 aromatic carbocycles. The lowest BCUT2D eigenvalue weighted by atomic mass is 10.2. The van der Waals surface area contributed by atoms with Crippen LogP contribution < -0.4 is 5.32 Å². The molecular formula is C9H12F3N3. The van der Waals surface area contributed by atoms with Crippen molar-refractivity contribution >= 4 is 0 Å². The molecule has 1 saturated heterocycles. The molecule has 0 aliphatic carbocycles. The number of halogens is 3. The molecule has 1 aliphatic heterocycles. The Morgan fingerprint density at radius 1 is 1.53 bits per heavy atom. The van der Waals surface area contributed by atoms with E-state index in [2.05, 4.69) is 10.3 Å². The number of nitrogens with one attached hydrogen (secondary N) is 1. The smallest absolute Gasteiger partial charge is 0.324 e. The van der Waals surface area contributed by atoms with Gasteiger partial charge in [0.25, 0.3) is 0 Å². The van der Waals surface area contributed by atoms with Crippen LogP contribution in [0.5, 0.6) is 0 Å². The summed E-state index contributed by atoms with van der Waals surface area (Å²) in [5, 5.41) is 3.16. The average molecular weight is 219 g/mol. The van der Waals surface area contributed by atoms with Gasteiger partial charge in [0, 0.05) is 12.2 Å². The Balaban J connectivity index is 2.14. The first kappa shape index (κ1) is 10.5. The molecule has 15 heavy (non-hydrogen) atoms. The second-order valence-electron chi connectivity index (χ2n) is 3.71. The van der Waals surface area contributed by atoms with E-state index in [-0.39, 0.29) is 6.04 Å². The maximum Gasteiger partial charge on any atom is 0.406 e. The number of aromatic nitrogens is 2. The van der Waals surface area contributed by atoms with E-state index in [9.17, 15) is 13.2 Å². The molecule has 1 unspecified atom stereocenters. The summed E-state index contributed by atoms with van der Waals surface area (Å²) in [6.07, 6.45) is 0.441. The van der Waals surface area contributed by atoms with Crippen molar-refractivity contribution in [2.75, 3.05) is 6.54 Å². The average Bonchev–Trinajstić information content (AvgIpc) is 2.68. The van der Waals surface area contributed by atoms with Gasteiger partial charge in [-0.15, -0.1) is 0 Å². The van der Waals surface area contributed by atoms with Crippen molar-refractivity contribution in [2.24, 2.45) is 0 Å². The van der Waals surface area contributed by atoms with Crippen LogP contribution in [-0.2, 0) is 6.54 Å². The summed E-state index contributed by atoms with van der Waals surface area (Å²) < 4.78 is 37.8. The summed E-state index contributed by atoms with van der Waals surface area (Å²) in [4.78, 5) is 3.77. The highest BCUT2D eigenvalue weighted by atomic mass is 19.4. The predicted molar refractivity (Wildman–Crippen MR) is 48.3 cm³/mol. The van der Waals surface area contributed by atoms with E-state index in [4.69, 9.17) is 0 Å². The largest absolute Gasteiger partial charge is 0.406 e. The van der Waals surface area contributed by atoms with Gasteiger partial charge in [-0.3, -0.25) is 0 Å². The van der Waals surface area contributed by atoms with Crippen molar-refractivity contribution in [1.82, 2.24) is 14.9 Å². The fourth-order valence-corrected chi connectivity index (χ4v) is 1.88. The standard InChI is InChI=1S/C9H12F3N3/c10-9(11,12)5-15-6-13-4-8(15)7-2-1-3-14-7/h4,6-7,14H,1-3,5H2. The minimum Gasteiger partial charge on any atom is -0.324 e. The molecule has 1 N–H and O–H groups in total. The van der Waals surface area contributed by atoms with Crippen LogP contribution in [0.3, 0.4) is 0 Å². The third kappa shape index (κ3) is 2.50. The van der Waals surface area contributed by atoms with Crippen molar-refractivity contribution < 1.29 is 13.2 Å². The number of imidazole rings is 1. The first-order valence-electron chi connectivity index (χ1n) is 4.86. The van der Waals surface area contributed by atoms with E-state index in [1.807, 2.05) is 0 Å². The Hall–Kier alpha value is -1.04. The molecule has 1 aromatic rings. The Kier molecular flexibility index (Phi) is 2.68. The third-order valence-corrected chi connectivity index (χ3v) is 2.51. The quantitative estimate of drug-likeness (QED) is 0.822. The van der Waals surface area contributed by atoms with Gasteiger partial charge in [-0.2, -0.15) is 13.2 Å². The Bertz CT molecular complexity index is 326.